The predicted octanol–water partition coefficient (Wildman–Crippen LogP) is 2.66. The van der Waals surface area contributed by atoms with Crippen LogP contribution in [0.2, 0.25) is 0 Å². The number of ether oxygens (including phenoxy) is 2. The fourth-order valence-electron chi connectivity index (χ4n) is 5.77. The van der Waals surface area contributed by atoms with Crippen molar-refractivity contribution in [2.75, 3.05) is 13.2 Å². The van der Waals surface area contributed by atoms with Crippen LogP contribution < -0.4 is 16.0 Å². The average Bonchev–Trinajstić information content (AvgIpc) is 3.26. The number of carbonyl (C=O) groups excluding carboxylic acids is 2. The van der Waals surface area contributed by atoms with Gasteiger partial charge in [0, 0.05) is 18.5 Å². The van der Waals surface area contributed by atoms with E-state index in [4.69, 9.17) is 16.3 Å². The maximum atomic E-state index is 13.7. The van der Waals surface area contributed by atoms with Gasteiger partial charge in [-0.15, -0.1) is 24.8 Å². The lowest BCUT2D eigenvalue weighted by Crippen LogP contribution is -2.62. The van der Waals surface area contributed by atoms with Crippen LogP contribution in [-0.4, -0.2) is 66.8 Å². The van der Waals surface area contributed by atoms with E-state index in [-0.39, 0.29) is 43.9 Å². The number of hydrogen-bond donors (Lipinski definition) is 3. The van der Waals surface area contributed by atoms with Crippen molar-refractivity contribution in [2.45, 2.75) is 99.6 Å². The number of halogens is 5. The standard InChI is InChI=1S/C21H30ClF4N3O4/c22-14-3-1-12(7-15(14)23)32-9-17(30)29-20-6-5-19(10-20,11-20)18(31)28-16-4-2-13(8-27-16)33-21(24,25)26/h12-16,27H,1-11H2,(H,28,31)(H,29,30). The molecule has 5 fully saturated rings. The molecule has 2 amide bonds. The monoisotopic (exact) mass is 499 g/mol. The Balaban J connectivity index is 1.17. The van der Waals surface area contributed by atoms with E-state index in [9.17, 15) is 27.2 Å². The van der Waals surface area contributed by atoms with Crippen LogP contribution in [0.3, 0.4) is 0 Å². The molecule has 5 unspecified atom stereocenters. The van der Waals surface area contributed by atoms with Gasteiger partial charge in [-0.1, -0.05) is 0 Å². The van der Waals surface area contributed by atoms with Crippen LogP contribution in [0.15, 0.2) is 0 Å². The smallest absolute Gasteiger partial charge is 0.368 e. The second-order valence-corrected chi connectivity index (χ2v) is 10.5. The summed E-state index contributed by atoms with van der Waals surface area (Å²) < 4.78 is 60.3. The van der Waals surface area contributed by atoms with E-state index in [1.165, 1.54) is 0 Å². The van der Waals surface area contributed by atoms with Crippen molar-refractivity contribution >= 4 is 23.4 Å². The van der Waals surface area contributed by atoms with Gasteiger partial charge in [-0.2, -0.15) is 0 Å². The number of carbonyl (C=O) groups is 2. The van der Waals surface area contributed by atoms with Crippen molar-refractivity contribution in [2.24, 2.45) is 5.41 Å². The zero-order valence-corrected chi connectivity index (χ0v) is 18.9. The molecule has 0 aromatic heterocycles. The first-order chi connectivity index (χ1) is 15.5. The SMILES string of the molecule is O=C(COC1CCC(Cl)C(F)C1)NC12CCC(C(=O)NC3CCC(OC(F)(F)F)CN3)(C1)C2. The van der Waals surface area contributed by atoms with Crippen LogP contribution in [0.5, 0.6) is 0 Å². The van der Waals surface area contributed by atoms with Gasteiger partial charge in [0.2, 0.25) is 11.8 Å². The van der Waals surface area contributed by atoms with E-state index in [0.717, 1.165) is 0 Å². The first-order valence-corrected chi connectivity index (χ1v) is 11.9. The van der Waals surface area contributed by atoms with Crippen molar-refractivity contribution in [3.8, 4) is 0 Å². The third kappa shape index (κ3) is 5.91. The molecule has 1 aliphatic heterocycles. The van der Waals surface area contributed by atoms with Crippen LogP contribution >= 0.6 is 11.6 Å². The summed E-state index contributed by atoms with van der Waals surface area (Å²) in [5.74, 6) is -0.417. The summed E-state index contributed by atoms with van der Waals surface area (Å²) >= 11 is 5.87. The molecule has 4 aliphatic carbocycles. The van der Waals surface area contributed by atoms with Crippen molar-refractivity contribution in [3.63, 3.8) is 0 Å². The van der Waals surface area contributed by atoms with Crippen molar-refractivity contribution in [3.05, 3.63) is 0 Å². The topological polar surface area (TPSA) is 88.7 Å². The molecule has 5 atom stereocenters. The van der Waals surface area contributed by atoms with Crippen molar-refractivity contribution in [1.82, 2.24) is 16.0 Å². The van der Waals surface area contributed by atoms with E-state index in [1.807, 2.05) is 0 Å². The minimum atomic E-state index is -4.67. The lowest BCUT2D eigenvalue weighted by Gasteiger charge is -2.47. The first-order valence-electron chi connectivity index (χ1n) is 11.5. The van der Waals surface area contributed by atoms with E-state index < -0.39 is 41.1 Å². The predicted molar refractivity (Wildman–Crippen MR) is 110 cm³/mol. The molecule has 12 heteroatoms. The molecule has 33 heavy (non-hydrogen) atoms. The molecule has 0 aromatic rings. The maximum Gasteiger partial charge on any atom is 0.522 e. The molecular formula is C21H30ClF4N3O4. The number of hydrogen-bond acceptors (Lipinski definition) is 5. The number of alkyl halides is 5. The first kappa shape index (κ1) is 24.9. The zero-order valence-electron chi connectivity index (χ0n) is 18.2. The maximum absolute atomic E-state index is 13.7. The zero-order chi connectivity index (χ0) is 23.9. The second-order valence-electron chi connectivity index (χ2n) is 9.94. The molecule has 4 saturated carbocycles. The number of rotatable bonds is 7. The van der Waals surface area contributed by atoms with E-state index in [0.29, 0.717) is 44.9 Å². The highest BCUT2D eigenvalue weighted by molar-refractivity contribution is 6.21. The number of amides is 2. The summed E-state index contributed by atoms with van der Waals surface area (Å²) in [6.45, 7) is -0.147. The van der Waals surface area contributed by atoms with E-state index in [1.54, 1.807) is 0 Å². The van der Waals surface area contributed by atoms with Gasteiger partial charge in [0.1, 0.15) is 12.8 Å². The van der Waals surface area contributed by atoms with Crippen molar-refractivity contribution < 1.29 is 36.6 Å². The van der Waals surface area contributed by atoms with Crippen LogP contribution in [0, 0.1) is 5.41 Å². The molecule has 5 rings (SSSR count). The molecular weight excluding hydrogens is 470 g/mol. The van der Waals surface area contributed by atoms with E-state index >= 15 is 0 Å². The lowest BCUT2D eigenvalue weighted by molar-refractivity contribution is -0.344. The van der Waals surface area contributed by atoms with Gasteiger partial charge < -0.3 is 15.4 Å². The fourth-order valence-corrected chi connectivity index (χ4v) is 6.00. The number of fused-ring (bicyclic) bond motifs is 1. The summed E-state index contributed by atoms with van der Waals surface area (Å²) in [4.78, 5) is 25.2. The Morgan fingerprint density at radius 1 is 1.09 bits per heavy atom. The van der Waals surface area contributed by atoms with Crippen LogP contribution in [0.1, 0.15) is 57.8 Å². The van der Waals surface area contributed by atoms with E-state index in [2.05, 4.69) is 20.7 Å². The van der Waals surface area contributed by atoms with Gasteiger partial charge in [-0.05, 0) is 51.4 Å². The summed E-state index contributed by atoms with van der Waals surface area (Å²) in [6, 6.07) is 0. The van der Waals surface area contributed by atoms with Crippen LogP contribution in [0.25, 0.3) is 0 Å². The van der Waals surface area contributed by atoms with Crippen molar-refractivity contribution in [1.29, 1.82) is 0 Å². The molecule has 188 valence electrons. The van der Waals surface area contributed by atoms with Gasteiger partial charge in [0.05, 0.1) is 29.2 Å². The molecule has 0 aromatic carbocycles. The Bertz CT molecular complexity index is 742. The summed E-state index contributed by atoms with van der Waals surface area (Å²) in [5.41, 5.74) is -0.991. The fraction of sp³-hybridized carbons (Fsp3) is 0.905. The molecule has 5 aliphatic rings. The average molecular weight is 500 g/mol. The van der Waals surface area contributed by atoms with Gasteiger partial charge in [-0.25, -0.2) is 4.39 Å². The van der Waals surface area contributed by atoms with Gasteiger partial charge in [0.15, 0.2) is 0 Å². The summed E-state index contributed by atoms with van der Waals surface area (Å²) in [7, 11) is 0. The van der Waals surface area contributed by atoms with Gasteiger partial charge in [-0.3, -0.25) is 19.6 Å². The second kappa shape index (κ2) is 9.47. The Morgan fingerprint density at radius 3 is 2.45 bits per heavy atom. The molecule has 7 nitrogen and oxygen atoms in total. The Kier molecular flexibility index (Phi) is 7.15. The third-order valence-electron chi connectivity index (χ3n) is 7.39. The largest absolute Gasteiger partial charge is 0.522 e. The third-order valence-corrected chi connectivity index (χ3v) is 7.88. The Labute approximate surface area is 194 Å². The highest BCUT2D eigenvalue weighted by Gasteiger charge is 2.65. The molecule has 3 N–H and O–H groups in total. The number of piperidine rings is 1. The normalized spacial score (nSPS) is 40.7. The molecule has 1 heterocycles. The lowest BCUT2D eigenvalue weighted by atomic mass is 9.64. The Hall–Kier alpha value is -1.17. The molecule has 0 radical (unpaired) electrons. The number of nitrogens with one attached hydrogen (secondary N) is 3. The highest BCUT2D eigenvalue weighted by atomic mass is 35.5. The van der Waals surface area contributed by atoms with Gasteiger partial charge in [0.25, 0.3) is 0 Å². The van der Waals surface area contributed by atoms with Crippen LogP contribution in [-0.2, 0) is 19.1 Å². The van der Waals surface area contributed by atoms with Crippen LogP contribution in [0.4, 0.5) is 17.6 Å². The minimum Gasteiger partial charge on any atom is -0.368 e. The highest BCUT2D eigenvalue weighted by Crippen LogP contribution is 2.61. The summed E-state index contributed by atoms with van der Waals surface area (Å²) in [6.07, 6.45) is -3.27. The quantitative estimate of drug-likeness (QED) is 0.370. The Morgan fingerprint density at radius 2 is 1.82 bits per heavy atom. The molecule has 1 saturated heterocycles. The molecule has 2 bridgehead atoms. The van der Waals surface area contributed by atoms with Gasteiger partial charge >= 0.3 is 6.36 Å². The minimum absolute atomic E-state index is 0.00709. The summed E-state index contributed by atoms with van der Waals surface area (Å²) in [5, 5.41) is 8.29. The molecule has 0 spiro atoms.